The summed E-state index contributed by atoms with van der Waals surface area (Å²) in [5, 5.41) is 0. The molecule has 1 fully saturated rings. The molecule has 0 radical (unpaired) electrons. The van der Waals surface area contributed by atoms with Crippen molar-refractivity contribution in [1.29, 1.82) is 0 Å². The van der Waals surface area contributed by atoms with E-state index in [1.807, 2.05) is 4.90 Å². The van der Waals surface area contributed by atoms with Gasteiger partial charge in [-0.05, 0) is 24.1 Å². The summed E-state index contributed by atoms with van der Waals surface area (Å²) in [7, 11) is -4.31. The molecule has 33 heavy (non-hydrogen) atoms. The predicted molar refractivity (Wildman–Crippen MR) is 117 cm³/mol. The van der Waals surface area contributed by atoms with E-state index in [2.05, 4.69) is 14.7 Å². The second-order valence-corrected chi connectivity index (χ2v) is 9.48. The third kappa shape index (κ3) is 6.23. The van der Waals surface area contributed by atoms with Crippen LogP contribution in [0.5, 0.6) is 0 Å². The van der Waals surface area contributed by atoms with Gasteiger partial charge in [0.15, 0.2) is 6.61 Å². The van der Waals surface area contributed by atoms with Crippen LogP contribution < -0.4 is 9.62 Å². The standard InChI is InChI=1S/C21H26FN5O5S/c1-15(2)19(25-33(30,31)17-7-4-3-6-16(17)22)20(29)32-14-18(28)26-10-12-27(13-11-26)21-23-8-5-9-24-21/h3-9,15,19,25H,10-14H2,1-2H3/t19-/m0/s1. The van der Waals surface area contributed by atoms with Gasteiger partial charge in [0.25, 0.3) is 5.91 Å². The summed E-state index contributed by atoms with van der Waals surface area (Å²) in [6.07, 6.45) is 3.29. The molecule has 10 nitrogen and oxygen atoms in total. The molecular weight excluding hydrogens is 453 g/mol. The number of hydrogen-bond acceptors (Lipinski definition) is 8. The molecule has 1 aliphatic rings. The van der Waals surface area contributed by atoms with E-state index in [0.29, 0.717) is 32.1 Å². The molecule has 1 aromatic heterocycles. The molecule has 0 spiro atoms. The van der Waals surface area contributed by atoms with Gasteiger partial charge in [-0.3, -0.25) is 9.59 Å². The van der Waals surface area contributed by atoms with E-state index in [0.717, 1.165) is 12.1 Å². The SMILES string of the molecule is CC(C)[C@H](NS(=O)(=O)c1ccccc1F)C(=O)OCC(=O)N1CCN(c2ncccn2)CC1. The average molecular weight is 480 g/mol. The lowest BCUT2D eigenvalue weighted by molar-refractivity contribution is -0.154. The highest BCUT2D eigenvalue weighted by Crippen LogP contribution is 2.16. The number of nitrogens with one attached hydrogen (secondary N) is 1. The zero-order valence-electron chi connectivity index (χ0n) is 18.3. The van der Waals surface area contributed by atoms with Gasteiger partial charge in [-0.1, -0.05) is 26.0 Å². The first-order valence-corrected chi connectivity index (χ1v) is 11.9. The largest absolute Gasteiger partial charge is 0.454 e. The number of halogens is 1. The highest BCUT2D eigenvalue weighted by atomic mass is 32.2. The number of anilines is 1. The Morgan fingerprint density at radius 1 is 1.09 bits per heavy atom. The number of ether oxygens (including phenoxy) is 1. The van der Waals surface area contributed by atoms with Crippen molar-refractivity contribution in [3.05, 3.63) is 48.5 Å². The minimum absolute atomic E-state index is 0.392. The van der Waals surface area contributed by atoms with Crippen LogP contribution in [-0.4, -0.2) is 74.0 Å². The fraction of sp³-hybridized carbons (Fsp3) is 0.429. The van der Waals surface area contributed by atoms with Gasteiger partial charge in [-0.25, -0.2) is 22.8 Å². The van der Waals surface area contributed by atoms with E-state index in [9.17, 15) is 22.4 Å². The molecule has 1 N–H and O–H groups in total. The second kappa shape index (κ2) is 10.7. The molecule has 178 valence electrons. The van der Waals surface area contributed by atoms with E-state index < -0.39 is 51.2 Å². The number of aromatic nitrogens is 2. The Morgan fingerprint density at radius 3 is 2.33 bits per heavy atom. The first-order chi connectivity index (χ1) is 15.7. The maximum atomic E-state index is 13.9. The molecule has 0 unspecified atom stereocenters. The number of nitrogens with zero attached hydrogens (tertiary/aromatic N) is 4. The summed E-state index contributed by atoms with van der Waals surface area (Å²) in [6, 6.07) is 5.29. The zero-order valence-corrected chi connectivity index (χ0v) is 19.2. The Bertz CT molecular complexity index is 1080. The molecule has 2 heterocycles. The number of sulfonamides is 1. The normalized spacial score (nSPS) is 15.4. The van der Waals surface area contributed by atoms with Crippen LogP contribution in [0, 0.1) is 11.7 Å². The predicted octanol–water partition coefficient (Wildman–Crippen LogP) is 0.811. The molecule has 3 rings (SSSR count). The lowest BCUT2D eigenvalue weighted by Crippen LogP contribution is -2.51. The van der Waals surface area contributed by atoms with Gasteiger partial charge in [0.1, 0.15) is 16.8 Å². The van der Waals surface area contributed by atoms with Crippen molar-refractivity contribution in [2.24, 2.45) is 5.92 Å². The molecule has 1 aromatic carbocycles. The van der Waals surface area contributed by atoms with E-state index in [1.165, 1.54) is 12.1 Å². The van der Waals surface area contributed by atoms with Gasteiger partial charge in [-0.2, -0.15) is 4.72 Å². The Labute approximate surface area is 191 Å². The Balaban J connectivity index is 1.55. The first-order valence-electron chi connectivity index (χ1n) is 10.4. The lowest BCUT2D eigenvalue weighted by Gasteiger charge is -2.34. The summed E-state index contributed by atoms with van der Waals surface area (Å²) >= 11 is 0. The number of benzene rings is 1. The smallest absolute Gasteiger partial charge is 0.324 e. The fourth-order valence-electron chi connectivity index (χ4n) is 3.27. The van der Waals surface area contributed by atoms with Crippen molar-refractivity contribution in [3.8, 4) is 0 Å². The summed E-state index contributed by atoms with van der Waals surface area (Å²) < 4.78 is 46.4. The Hall–Kier alpha value is -3.12. The third-order valence-electron chi connectivity index (χ3n) is 5.13. The summed E-state index contributed by atoms with van der Waals surface area (Å²) in [5.41, 5.74) is 0. The molecule has 1 saturated heterocycles. The number of piperazine rings is 1. The average Bonchev–Trinajstić information content (AvgIpc) is 2.81. The van der Waals surface area contributed by atoms with Crippen molar-refractivity contribution in [1.82, 2.24) is 19.6 Å². The van der Waals surface area contributed by atoms with Crippen molar-refractivity contribution >= 4 is 27.8 Å². The zero-order chi connectivity index (χ0) is 24.0. The van der Waals surface area contributed by atoms with E-state index >= 15 is 0 Å². The number of esters is 1. The number of hydrogen-bond donors (Lipinski definition) is 1. The number of carbonyl (C=O) groups excluding carboxylic acids is 2. The Morgan fingerprint density at radius 2 is 1.73 bits per heavy atom. The maximum absolute atomic E-state index is 13.9. The molecule has 2 aromatic rings. The molecule has 0 bridgehead atoms. The lowest BCUT2D eigenvalue weighted by atomic mass is 10.1. The first kappa shape index (κ1) is 24.5. The molecule has 1 aliphatic heterocycles. The number of amides is 1. The van der Waals surface area contributed by atoms with Crippen LogP contribution in [0.15, 0.2) is 47.6 Å². The van der Waals surface area contributed by atoms with E-state index in [-0.39, 0.29) is 0 Å². The summed E-state index contributed by atoms with van der Waals surface area (Å²) in [5.74, 6) is -2.15. The Kier molecular flexibility index (Phi) is 7.92. The van der Waals surface area contributed by atoms with E-state index in [1.54, 1.807) is 37.2 Å². The number of carbonyl (C=O) groups is 2. The van der Waals surface area contributed by atoms with Gasteiger partial charge in [0, 0.05) is 38.6 Å². The van der Waals surface area contributed by atoms with Gasteiger partial charge >= 0.3 is 5.97 Å². The van der Waals surface area contributed by atoms with Crippen LogP contribution in [0.25, 0.3) is 0 Å². The molecule has 12 heteroatoms. The van der Waals surface area contributed by atoms with Crippen LogP contribution in [0.1, 0.15) is 13.8 Å². The van der Waals surface area contributed by atoms with E-state index in [4.69, 9.17) is 4.74 Å². The third-order valence-corrected chi connectivity index (χ3v) is 6.61. The second-order valence-electron chi connectivity index (χ2n) is 7.80. The molecular formula is C21H26FN5O5S. The van der Waals surface area contributed by atoms with Crippen LogP contribution in [0.4, 0.5) is 10.3 Å². The topological polar surface area (TPSA) is 122 Å². The minimum atomic E-state index is -4.31. The van der Waals surface area contributed by atoms with Gasteiger partial charge < -0.3 is 14.5 Å². The van der Waals surface area contributed by atoms with Crippen molar-refractivity contribution < 1.29 is 27.1 Å². The molecule has 0 saturated carbocycles. The molecule has 1 atom stereocenters. The monoisotopic (exact) mass is 479 g/mol. The van der Waals surface area contributed by atoms with Crippen LogP contribution in [0.3, 0.4) is 0 Å². The number of rotatable bonds is 8. The highest BCUT2D eigenvalue weighted by molar-refractivity contribution is 7.89. The summed E-state index contributed by atoms with van der Waals surface area (Å²) in [4.78, 5) is 36.4. The fourth-order valence-corrected chi connectivity index (χ4v) is 4.69. The van der Waals surface area contributed by atoms with Crippen molar-refractivity contribution in [3.63, 3.8) is 0 Å². The van der Waals surface area contributed by atoms with Crippen molar-refractivity contribution in [2.45, 2.75) is 24.8 Å². The van der Waals surface area contributed by atoms with Crippen molar-refractivity contribution in [2.75, 3.05) is 37.7 Å². The van der Waals surface area contributed by atoms with Crippen LogP contribution in [-0.2, 0) is 24.3 Å². The van der Waals surface area contributed by atoms with Crippen LogP contribution in [0.2, 0.25) is 0 Å². The minimum Gasteiger partial charge on any atom is -0.454 e. The van der Waals surface area contributed by atoms with Gasteiger partial charge in [-0.15, -0.1) is 0 Å². The maximum Gasteiger partial charge on any atom is 0.324 e. The molecule has 1 amide bonds. The van der Waals surface area contributed by atoms with Gasteiger partial charge in [0.2, 0.25) is 16.0 Å². The molecule has 0 aliphatic carbocycles. The van der Waals surface area contributed by atoms with Crippen LogP contribution >= 0.6 is 0 Å². The summed E-state index contributed by atoms with van der Waals surface area (Å²) in [6.45, 7) is 4.57. The highest BCUT2D eigenvalue weighted by Gasteiger charge is 2.32. The van der Waals surface area contributed by atoms with Gasteiger partial charge in [0.05, 0.1) is 0 Å². The quantitative estimate of drug-likeness (QED) is 0.552.